The monoisotopic (exact) mass is 336 g/mol. The van der Waals surface area contributed by atoms with Crippen molar-refractivity contribution in [3.63, 3.8) is 0 Å². The normalized spacial score (nSPS) is 13.3. The molecule has 0 amide bonds. The first-order valence-electron chi connectivity index (χ1n) is 5.92. The second-order valence-electron chi connectivity index (χ2n) is 4.22. The molecule has 0 aliphatic carbocycles. The van der Waals surface area contributed by atoms with Gasteiger partial charge in [-0.1, -0.05) is 34.1 Å². The van der Waals surface area contributed by atoms with E-state index in [9.17, 15) is 9.90 Å². The van der Waals surface area contributed by atoms with Crippen LogP contribution in [0.3, 0.4) is 0 Å². The minimum atomic E-state index is -1.80. The zero-order valence-corrected chi connectivity index (χ0v) is 12.3. The molecule has 0 aliphatic heterocycles. The Morgan fingerprint density at radius 3 is 2.00 bits per heavy atom. The zero-order chi connectivity index (χ0) is 14.6. The molecule has 0 spiro atoms. The van der Waals surface area contributed by atoms with Gasteiger partial charge in [-0.15, -0.1) is 0 Å². The molecule has 0 saturated carbocycles. The zero-order valence-electron chi connectivity index (χ0n) is 10.7. The largest absolute Gasteiger partial charge is 0.475 e. The van der Waals surface area contributed by atoms with E-state index in [0.29, 0.717) is 11.5 Å². The summed E-state index contributed by atoms with van der Waals surface area (Å²) in [4.78, 5) is 11.4. The van der Waals surface area contributed by atoms with Gasteiger partial charge in [0.05, 0.1) is 0 Å². The van der Waals surface area contributed by atoms with Crippen LogP contribution in [0.1, 0.15) is 6.92 Å². The molecule has 0 aliphatic rings. The second kappa shape index (κ2) is 5.96. The van der Waals surface area contributed by atoms with Crippen molar-refractivity contribution in [1.29, 1.82) is 0 Å². The van der Waals surface area contributed by atoms with Crippen molar-refractivity contribution >= 4 is 21.9 Å². The molecule has 1 N–H and O–H groups in total. The topological polar surface area (TPSA) is 55.8 Å². The number of halogens is 1. The van der Waals surface area contributed by atoms with Crippen molar-refractivity contribution in [2.24, 2.45) is 0 Å². The molecule has 0 fully saturated rings. The SMILES string of the molecule is CC(Oc1ccccc1)(Oc1ccc(Br)cc1)C(=O)O. The van der Waals surface area contributed by atoms with Crippen molar-refractivity contribution < 1.29 is 19.4 Å². The molecule has 0 radical (unpaired) electrons. The molecule has 0 bridgehead atoms. The summed E-state index contributed by atoms with van der Waals surface area (Å²) in [5, 5.41) is 9.35. The van der Waals surface area contributed by atoms with Crippen molar-refractivity contribution in [3.05, 3.63) is 59.1 Å². The predicted octanol–water partition coefficient (Wildman–Crippen LogP) is 3.71. The van der Waals surface area contributed by atoms with Gasteiger partial charge in [0.1, 0.15) is 11.5 Å². The first kappa shape index (κ1) is 14.4. The van der Waals surface area contributed by atoms with Gasteiger partial charge in [-0.05, 0) is 36.4 Å². The molecule has 5 heteroatoms. The van der Waals surface area contributed by atoms with Crippen molar-refractivity contribution in [2.45, 2.75) is 12.7 Å². The highest BCUT2D eigenvalue weighted by Crippen LogP contribution is 2.24. The summed E-state index contributed by atoms with van der Waals surface area (Å²) in [5.74, 6) is -2.16. The molecule has 2 rings (SSSR count). The highest BCUT2D eigenvalue weighted by Gasteiger charge is 2.38. The summed E-state index contributed by atoms with van der Waals surface area (Å²) < 4.78 is 11.8. The quantitative estimate of drug-likeness (QED) is 0.845. The first-order chi connectivity index (χ1) is 9.49. The number of aliphatic carboxylic acids is 1. The molecule has 2 aromatic carbocycles. The summed E-state index contributed by atoms with van der Waals surface area (Å²) in [6.45, 7) is 1.37. The molecular weight excluding hydrogens is 324 g/mol. The Morgan fingerprint density at radius 1 is 1.00 bits per heavy atom. The molecule has 20 heavy (non-hydrogen) atoms. The average molecular weight is 337 g/mol. The van der Waals surface area contributed by atoms with Crippen molar-refractivity contribution in [3.8, 4) is 11.5 Å². The van der Waals surface area contributed by atoms with Gasteiger partial charge in [-0.25, -0.2) is 4.79 Å². The van der Waals surface area contributed by atoms with Crippen molar-refractivity contribution in [1.82, 2.24) is 0 Å². The minimum absolute atomic E-state index is 0.411. The lowest BCUT2D eigenvalue weighted by atomic mass is 10.3. The highest BCUT2D eigenvalue weighted by atomic mass is 79.9. The Bertz CT molecular complexity index is 583. The van der Waals surface area contributed by atoms with E-state index in [1.807, 2.05) is 6.07 Å². The number of carboxylic acids is 1. The summed E-state index contributed by atoms with van der Waals surface area (Å²) in [5.41, 5.74) is 0. The van der Waals surface area contributed by atoms with Crippen LogP contribution in [-0.4, -0.2) is 16.9 Å². The van der Waals surface area contributed by atoms with Gasteiger partial charge in [0, 0.05) is 11.4 Å². The fraction of sp³-hybridized carbons (Fsp3) is 0.133. The fourth-order valence-corrected chi connectivity index (χ4v) is 1.81. The second-order valence-corrected chi connectivity index (χ2v) is 5.14. The maximum absolute atomic E-state index is 11.4. The Kier molecular flexibility index (Phi) is 4.29. The Morgan fingerprint density at radius 2 is 1.50 bits per heavy atom. The third kappa shape index (κ3) is 3.51. The fourth-order valence-electron chi connectivity index (χ4n) is 1.55. The lowest BCUT2D eigenvalue weighted by Crippen LogP contribution is -2.47. The van der Waals surface area contributed by atoms with E-state index in [1.165, 1.54) is 6.92 Å². The van der Waals surface area contributed by atoms with Crippen LogP contribution >= 0.6 is 15.9 Å². The molecular formula is C15H13BrO4. The summed E-state index contributed by atoms with van der Waals surface area (Å²) in [6.07, 6.45) is 0. The van der Waals surface area contributed by atoms with Crippen LogP contribution in [0.4, 0.5) is 0 Å². The number of benzene rings is 2. The first-order valence-corrected chi connectivity index (χ1v) is 6.71. The highest BCUT2D eigenvalue weighted by molar-refractivity contribution is 9.10. The van der Waals surface area contributed by atoms with Crippen LogP contribution in [0.5, 0.6) is 11.5 Å². The average Bonchev–Trinajstić information content (AvgIpc) is 2.42. The van der Waals surface area contributed by atoms with Crippen LogP contribution in [0, 0.1) is 0 Å². The Labute approximate surface area is 125 Å². The van der Waals surface area contributed by atoms with E-state index in [2.05, 4.69) is 15.9 Å². The lowest BCUT2D eigenvalue weighted by Gasteiger charge is -2.27. The summed E-state index contributed by atoms with van der Waals surface area (Å²) >= 11 is 3.30. The molecule has 0 aromatic heterocycles. The van der Waals surface area contributed by atoms with Gasteiger partial charge in [0.25, 0.3) is 0 Å². The summed E-state index contributed by atoms with van der Waals surface area (Å²) in [7, 11) is 0. The number of hydrogen-bond acceptors (Lipinski definition) is 3. The number of rotatable bonds is 5. The minimum Gasteiger partial charge on any atom is -0.475 e. The Hall–Kier alpha value is -2.01. The van der Waals surface area contributed by atoms with Crippen LogP contribution in [0.15, 0.2) is 59.1 Å². The van der Waals surface area contributed by atoms with Gasteiger partial charge < -0.3 is 14.6 Å². The maximum atomic E-state index is 11.4. The maximum Gasteiger partial charge on any atom is 0.390 e. The van der Waals surface area contributed by atoms with Crippen molar-refractivity contribution in [2.75, 3.05) is 0 Å². The molecule has 0 saturated heterocycles. The standard InChI is InChI=1S/C15H13BrO4/c1-15(14(17)18,19-12-5-3-2-4-6-12)20-13-9-7-11(16)8-10-13/h2-10H,1H3,(H,17,18). The van der Waals surface area contributed by atoms with E-state index >= 15 is 0 Å². The van der Waals surface area contributed by atoms with E-state index in [0.717, 1.165) is 4.47 Å². The van der Waals surface area contributed by atoms with Gasteiger partial charge in [-0.3, -0.25) is 0 Å². The van der Waals surface area contributed by atoms with E-state index < -0.39 is 11.8 Å². The lowest BCUT2D eigenvalue weighted by molar-refractivity contribution is -0.181. The van der Waals surface area contributed by atoms with Crippen LogP contribution in [-0.2, 0) is 4.79 Å². The summed E-state index contributed by atoms with van der Waals surface area (Å²) in [6, 6.07) is 15.5. The predicted molar refractivity (Wildman–Crippen MR) is 77.9 cm³/mol. The van der Waals surface area contributed by atoms with E-state index in [4.69, 9.17) is 9.47 Å². The Balaban J connectivity index is 2.21. The van der Waals surface area contributed by atoms with Gasteiger partial charge in [0.15, 0.2) is 0 Å². The third-order valence-corrected chi connectivity index (χ3v) is 3.10. The molecule has 4 nitrogen and oxygen atoms in total. The molecule has 2 aromatic rings. The number of carboxylic acid groups (broad SMARTS) is 1. The molecule has 1 unspecified atom stereocenters. The number of para-hydroxylation sites is 1. The smallest absolute Gasteiger partial charge is 0.390 e. The van der Waals surface area contributed by atoms with Gasteiger partial charge >= 0.3 is 11.8 Å². The van der Waals surface area contributed by atoms with Crippen LogP contribution in [0.2, 0.25) is 0 Å². The van der Waals surface area contributed by atoms with Gasteiger partial charge in [-0.2, -0.15) is 0 Å². The van der Waals surface area contributed by atoms with E-state index in [1.54, 1.807) is 48.5 Å². The van der Waals surface area contributed by atoms with E-state index in [-0.39, 0.29) is 0 Å². The third-order valence-electron chi connectivity index (χ3n) is 2.57. The van der Waals surface area contributed by atoms with Crippen LogP contribution < -0.4 is 9.47 Å². The van der Waals surface area contributed by atoms with Crippen LogP contribution in [0.25, 0.3) is 0 Å². The number of ether oxygens (including phenoxy) is 2. The number of hydrogen-bond donors (Lipinski definition) is 1. The molecule has 104 valence electrons. The molecule has 1 atom stereocenters. The van der Waals surface area contributed by atoms with Gasteiger partial charge in [0.2, 0.25) is 0 Å². The number of carbonyl (C=O) groups is 1. The molecule has 0 heterocycles.